The molecular formula is C13H18N6O2. The van der Waals surface area contributed by atoms with Crippen LogP contribution in [0.2, 0.25) is 0 Å². The first-order valence-corrected chi connectivity index (χ1v) is 6.69. The van der Waals surface area contributed by atoms with Crippen LogP contribution in [-0.4, -0.2) is 37.9 Å². The maximum absolute atomic E-state index is 11.8. The highest BCUT2D eigenvalue weighted by Crippen LogP contribution is 2.02. The van der Waals surface area contributed by atoms with E-state index in [1.807, 2.05) is 6.92 Å². The van der Waals surface area contributed by atoms with Crippen LogP contribution in [0.25, 0.3) is 0 Å². The summed E-state index contributed by atoms with van der Waals surface area (Å²) in [6, 6.07) is 3.35. The van der Waals surface area contributed by atoms with Crippen molar-refractivity contribution in [3.63, 3.8) is 0 Å². The highest BCUT2D eigenvalue weighted by atomic mass is 16.2. The maximum atomic E-state index is 11.8. The number of aromatic nitrogens is 4. The van der Waals surface area contributed by atoms with Gasteiger partial charge in [-0.15, -0.1) is 0 Å². The van der Waals surface area contributed by atoms with Crippen molar-refractivity contribution in [3.05, 3.63) is 30.2 Å². The summed E-state index contributed by atoms with van der Waals surface area (Å²) in [7, 11) is 1.69. The second-order valence-electron chi connectivity index (χ2n) is 4.45. The van der Waals surface area contributed by atoms with Gasteiger partial charge < -0.3 is 10.6 Å². The van der Waals surface area contributed by atoms with Gasteiger partial charge in [0.05, 0.1) is 0 Å². The number of anilines is 1. The Labute approximate surface area is 122 Å². The van der Waals surface area contributed by atoms with E-state index in [4.69, 9.17) is 0 Å². The van der Waals surface area contributed by atoms with Crippen LogP contribution in [0.5, 0.6) is 0 Å². The van der Waals surface area contributed by atoms with E-state index in [1.54, 1.807) is 36.3 Å². The lowest BCUT2D eigenvalue weighted by Gasteiger charge is -2.05. The SMILES string of the molecule is CCn1ccc(NC(=O)CCNC(=O)c2ccnn2C)n1. The van der Waals surface area contributed by atoms with Crippen molar-refractivity contribution in [2.45, 2.75) is 19.9 Å². The van der Waals surface area contributed by atoms with Gasteiger partial charge >= 0.3 is 0 Å². The Hall–Kier alpha value is -2.64. The zero-order chi connectivity index (χ0) is 15.2. The van der Waals surface area contributed by atoms with E-state index in [0.29, 0.717) is 11.5 Å². The molecular weight excluding hydrogens is 272 g/mol. The van der Waals surface area contributed by atoms with Gasteiger partial charge in [0.25, 0.3) is 5.91 Å². The Bertz CT molecular complexity index is 630. The fraction of sp³-hybridized carbons (Fsp3) is 0.385. The van der Waals surface area contributed by atoms with Crippen LogP contribution in [0.1, 0.15) is 23.8 Å². The van der Waals surface area contributed by atoms with Crippen LogP contribution < -0.4 is 10.6 Å². The first-order valence-electron chi connectivity index (χ1n) is 6.69. The lowest BCUT2D eigenvalue weighted by Crippen LogP contribution is -2.29. The Balaban J connectivity index is 1.74. The average Bonchev–Trinajstić information content (AvgIpc) is 3.07. The number of aryl methyl sites for hydroxylation is 2. The number of nitrogens with zero attached hydrogens (tertiary/aromatic N) is 4. The van der Waals surface area contributed by atoms with Crippen LogP contribution in [0.4, 0.5) is 5.82 Å². The third-order valence-corrected chi connectivity index (χ3v) is 2.92. The Morgan fingerprint density at radius 1 is 1.33 bits per heavy atom. The molecule has 0 radical (unpaired) electrons. The van der Waals surface area contributed by atoms with E-state index in [9.17, 15) is 9.59 Å². The summed E-state index contributed by atoms with van der Waals surface area (Å²) in [6.07, 6.45) is 3.52. The molecule has 0 aliphatic heterocycles. The summed E-state index contributed by atoms with van der Waals surface area (Å²) in [5, 5.41) is 13.4. The van der Waals surface area contributed by atoms with Crippen molar-refractivity contribution in [2.24, 2.45) is 7.05 Å². The molecule has 2 rings (SSSR count). The molecule has 2 aromatic heterocycles. The molecule has 2 heterocycles. The molecule has 21 heavy (non-hydrogen) atoms. The molecule has 112 valence electrons. The molecule has 0 aromatic carbocycles. The number of carbonyl (C=O) groups excluding carboxylic acids is 2. The van der Waals surface area contributed by atoms with Crippen LogP contribution in [-0.2, 0) is 18.4 Å². The maximum Gasteiger partial charge on any atom is 0.269 e. The van der Waals surface area contributed by atoms with Crippen molar-refractivity contribution in [1.82, 2.24) is 24.9 Å². The van der Waals surface area contributed by atoms with E-state index in [0.717, 1.165) is 6.54 Å². The lowest BCUT2D eigenvalue weighted by molar-refractivity contribution is -0.116. The van der Waals surface area contributed by atoms with Crippen molar-refractivity contribution in [1.29, 1.82) is 0 Å². The predicted octanol–water partition coefficient (Wildman–Crippen LogP) is 0.395. The van der Waals surface area contributed by atoms with Crippen molar-refractivity contribution < 1.29 is 9.59 Å². The fourth-order valence-corrected chi connectivity index (χ4v) is 1.79. The van der Waals surface area contributed by atoms with Crippen molar-refractivity contribution in [3.8, 4) is 0 Å². The highest BCUT2D eigenvalue weighted by Gasteiger charge is 2.10. The van der Waals surface area contributed by atoms with E-state index < -0.39 is 0 Å². The molecule has 0 saturated heterocycles. The van der Waals surface area contributed by atoms with Crippen LogP contribution in [0.3, 0.4) is 0 Å². The molecule has 0 unspecified atom stereocenters. The van der Waals surface area contributed by atoms with E-state index in [1.165, 1.54) is 4.68 Å². The lowest BCUT2D eigenvalue weighted by atomic mass is 10.3. The minimum Gasteiger partial charge on any atom is -0.350 e. The van der Waals surface area contributed by atoms with E-state index in [-0.39, 0.29) is 24.8 Å². The second kappa shape index (κ2) is 6.69. The standard InChI is InChI=1S/C13H18N6O2/c1-3-19-9-6-11(17-19)16-12(20)5-7-14-13(21)10-4-8-15-18(10)2/h4,6,8-9H,3,5,7H2,1-2H3,(H,14,21)(H,16,17,20). The summed E-state index contributed by atoms with van der Waals surface area (Å²) in [5.74, 6) is 0.0690. The Morgan fingerprint density at radius 2 is 2.14 bits per heavy atom. The van der Waals surface area contributed by atoms with Gasteiger partial charge in [-0.25, -0.2) is 0 Å². The topological polar surface area (TPSA) is 93.8 Å². The molecule has 0 aliphatic rings. The third kappa shape index (κ3) is 3.91. The van der Waals surface area contributed by atoms with Gasteiger partial charge in [-0.2, -0.15) is 10.2 Å². The zero-order valence-corrected chi connectivity index (χ0v) is 12.0. The van der Waals surface area contributed by atoms with Gasteiger partial charge in [-0.1, -0.05) is 0 Å². The van der Waals surface area contributed by atoms with Crippen LogP contribution >= 0.6 is 0 Å². The molecule has 2 amide bonds. The molecule has 0 bridgehead atoms. The normalized spacial score (nSPS) is 10.4. The largest absolute Gasteiger partial charge is 0.350 e. The summed E-state index contributed by atoms with van der Waals surface area (Å²) in [4.78, 5) is 23.5. The quantitative estimate of drug-likeness (QED) is 0.805. The summed E-state index contributed by atoms with van der Waals surface area (Å²) >= 11 is 0. The third-order valence-electron chi connectivity index (χ3n) is 2.92. The molecule has 8 nitrogen and oxygen atoms in total. The van der Waals surface area contributed by atoms with Crippen molar-refractivity contribution >= 4 is 17.6 Å². The number of hydrogen-bond donors (Lipinski definition) is 2. The zero-order valence-electron chi connectivity index (χ0n) is 12.0. The van der Waals surface area contributed by atoms with Gasteiger partial charge in [0.2, 0.25) is 5.91 Å². The molecule has 0 saturated carbocycles. The van der Waals surface area contributed by atoms with E-state index >= 15 is 0 Å². The van der Waals surface area contributed by atoms with Gasteiger partial charge in [0.1, 0.15) is 5.69 Å². The van der Waals surface area contributed by atoms with E-state index in [2.05, 4.69) is 20.8 Å². The number of amides is 2. The Morgan fingerprint density at radius 3 is 2.76 bits per heavy atom. The number of rotatable bonds is 6. The minimum absolute atomic E-state index is 0.183. The second-order valence-corrected chi connectivity index (χ2v) is 4.45. The Kier molecular flexibility index (Phi) is 4.70. The number of nitrogens with one attached hydrogen (secondary N) is 2. The van der Waals surface area contributed by atoms with Gasteiger partial charge in [-0.3, -0.25) is 19.0 Å². The molecule has 0 fully saturated rings. The van der Waals surface area contributed by atoms with Gasteiger partial charge in [-0.05, 0) is 13.0 Å². The van der Waals surface area contributed by atoms with Gasteiger partial charge in [0, 0.05) is 45.0 Å². The first-order chi connectivity index (χ1) is 10.1. The van der Waals surface area contributed by atoms with Gasteiger partial charge in [0.15, 0.2) is 5.82 Å². The minimum atomic E-state index is -0.252. The molecule has 2 N–H and O–H groups in total. The average molecular weight is 290 g/mol. The molecule has 0 aliphatic carbocycles. The monoisotopic (exact) mass is 290 g/mol. The summed E-state index contributed by atoms with van der Waals surface area (Å²) < 4.78 is 3.20. The van der Waals surface area contributed by atoms with Crippen LogP contribution in [0, 0.1) is 0 Å². The van der Waals surface area contributed by atoms with Crippen molar-refractivity contribution in [2.75, 3.05) is 11.9 Å². The fourth-order valence-electron chi connectivity index (χ4n) is 1.79. The summed E-state index contributed by atoms with van der Waals surface area (Å²) in [5.41, 5.74) is 0.456. The summed E-state index contributed by atoms with van der Waals surface area (Å²) in [6.45, 7) is 2.97. The molecule has 8 heteroatoms. The number of carbonyl (C=O) groups is 2. The predicted molar refractivity (Wildman–Crippen MR) is 76.7 cm³/mol. The molecule has 0 atom stereocenters. The smallest absolute Gasteiger partial charge is 0.269 e. The molecule has 0 spiro atoms. The molecule has 2 aromatic rings. The number of hydrogen-bond acceptors (Lipinski definition) is 4. The first kappa shape index (κ1) is 14.8. The van der Waals surface area contributed by atoms with Crippen LogP contribution in [0.15, 0.2) is 24.5 Å². The highest BCUT2D eigenvalue weighted by molar-refractivity contribution is 5.93.